The maximum atomic E-state index is 12.9. The first kappa shape index (κ1) is 21.6. The van der Waals surface area contributed by atoms with Crippen LogP contribution in [0.5, 0.6) is 5.75 Å². The summed E-state index contributed by atoms with van der Waals surface area (Å²) >= 11 is 0. The average Bonchev–Trinajstić information content (AvgIpc) is 2.58. The number of hydrogen-bond donors (Lipinski definition) is 1. The van der Waals surface area contributed by atoms with Crippen molar-refractivity contribution in [3.8, 4) is 5.75 Å². The number of piperidine rings is 1. The Bertz CT molecular complexity index is 849. The average molecular weight is 394 g/mol. The first-order chi connectivity index (χ1) is 13.5. The number of aryl methyl sites for hydroxylation is 2. The second kappa shape index (κ2) is 8.31. The van der Waals surface area contributed by atoms with Crippen molar-refractivity contribution in [3.05, 3.63) is 64.7 Å². The molecule has 0 radical (unpaired) electrons. The molecule has 3 rings (SSSR count). The van der Waals surface area contributed by atoms with Gasteiger partial charge in [-0.1, -0.05) is 42.0 Å². The number of ether oxygens (including phenoxy) is 1. The van der Waals surface area contributed by atoms with Gasteiger partial charge in [-0.3, -0.25) is 4.79 Å². The maximum Gasteiger partial charge on any atom is 0.163 e. The van der Waals surface area contributed by atoms with Crippen molar-refractivity contribution in [2.75, 3.05) is 0 Å². The van der Waals surface area contributed by atoms with Crippen molar-refractivity contribution >= 4 is 5.78 Å². The second-order valence-electron chi connectivity index (χ2n) is 10.0. The molecule has 0 aliphatic carbocycles. The van der Waals surface area contributed by atoms with Crippen LogP contribution in [0.1, 0.15) is 74.0 Å². The van der Waals surface area contributed by atoms with Crippen LogP contribution in [0.2, 0.25) is 0 Å². The van der Waals surface area contributed by atoms with Crippen molar-refractivity contribution in [2.24, 2.45) is 5.92 Å². The van der Waals surface area contributed by atoms with Crippen LogP contribution in [-0.4, -0.2) is 16.9 Å². The lowest BCUT2D eigenvalue weighted by atomic mass is 9.74. The van der Waals surface area contributed by atoms with Crippen LogP contribution in [0.3, 0.4) is 0 Å². The smallest absolute Gasteiger partial charge is 0.163 e. The lowest BCUT2D eigenvalue weighted by Gasteiger charge is -2.46. The first-order valence-electron chi connectivity index (χ1n) is 10.6. The zero-order chi connectivity index (χ0) is 21.2. The number of benzene rings is 2. The van der Waals surface area contributed by atoms with Crippen molar-refractivity contribution in [3.63, 3.8) is 0 Å². The largest absolute Gasteiger partial charge is 0.489 e. The molecular formula is C26H35NO2. The van der Waals surface area contributed by atoms with Gasteiger partial charge in [-0.05, 0) is 77.5 Å². The standard InChI is InChI=1S/C26H35NO2/c1-18-7-12-24(19(2)13-18)29-17-20-8-10-22(11-9-20)23(28)14-21-15-25(3,4)27-26(5,6)16-21/h7-13,21,27H,14-17H2,1-6H3. The number of hydrogen-bond acceptors (Lipinski definition) is 3. The highest BCUT2D eigenvalue weighted by Crippen LogP contribution is 2.35. The normalized spacial score (nSPS) is 18.4. The van der Waals surface area contributed by atoms with E-state index in [0.29, 0.717) is 18.9 Å². The minimum atomic E-state index is 0.0714. The third kappa shape index (κ3) is 5.93. The second-order valence-corrected chi connectivity index (χ2v) is 10.0. The first-order valence-corrected chi connectivity index (χ1v) is 10.6. The molecule has 2 aromatic rings. The molecule has 1 heterocycles. The molecule has 1 fully saturated rings. The van der Waals surface area contributed by atoms with Gasteiger partial charge in [0.15, 0.2) is 5.78 Å². The van der Waals surface area contributed by atoms with Gasteiger partial charge < -0.3 is 10.1 Å². The molecule has 1 aliphatic heterocycles. The summed E-state index contributed by atoms with van der Waals surface area (Å²) in [6, 6.07) is 14.1. The zero-order valence-corrected chi connectivity index (χ0v) is 18.8. The van der Waals surface area contributed by atoms with Gasteiger partial charge in [-0.2, -0.15) is 0 Å². The van der Waals surface area contributed by atoms with Gasteiger partial charge >= 0.3 is 0 Å². The summed E-state index contributed by atoms with van der Waals surface area (Å²) < 4.78 is 5.95. The lowest BCUT2D eigenvalue weighted by Crippen LogP contribution is -2.57. The minimum Gasteiger partial charge on any atom is -0.489 e. The van der Waals surface area contributed by atoms with Gasteiger partial charge in [0.05, 0.1) is 0 Å². The summed E-state index contributed by atoms with van der Waals surface area (Å²) in [7, 11) is 0. The Morgan fingerprint density at radius 3 is 2.21 bits per heavy atom. The molecule has 1 saturated heterocycles. The van der Waals surface area contributed by atoms with E-state index in [1.807, 2.05) is 30.3 Å². The molecule has 0 bridgehead atoms. The highest BCUT2D eigenvalue weighted by Gasteiger charge is 2.38. The van der Waals surface area contributed by atoms with Crippen molar-refractivity contribution in [1.29, 1.82) is 0 Å². The van der Waals surface area contributed by atoms with Gasteiger partial charge in [-0.25, -0.2) is 0 Å². The zero-order valence-electron chi connectivity index (χ0n) is 18.8. The van der Waals surface area contributed by atoms with Crippen LogP contribution < -0.4 is 10.1 Å². The number of carbonyl (C=O) groups is 1. The molecule has 0 saturated carbocycles. The topological polar surface area (TPSA) is 38.3 Å². The fraction of sp³-hybridized carbons (Fsp3) is 0.500. The van der Waals surface area contributed by atoms with Crippen molar-refractivity contribution in [2.45, 2.75) is 78.5 Å². The molecule has 1 N–H and O–H groups in total. The predicted molar refractivity (Wildman–Crippen MR) is 120 cm³/mol. The summed E-state index contributed by atoms with van der Waals surface area (Å²) in [6.45, 7) is 13.6. The summed E-state index contributed by atoms with van der Waals surface area (Å²) in [6.07, 6.45) is 2.68. The molecular weight excluding hydrogens is 358 g/mol. The van der Waals surface area contributed by atoms with E-state index in [0.717, 1.165) is 35.3 Å². The molecule has 0 aromatic heterocycles. The summed E-state index contributed by atoms with van der Waals surface area (Å²) in [5, 5.41) is 3.69. The summed E-state index contributed by atoms with van der Waals surface area (Å²) in [4.78, 5) is 12.9. The quantitative estimate of drug-likeness (QED) is 0.611. The highest BCUT2D eigenvalue weighted by molar-refractivity contribution is 5.96. The fourth-order valence-electron chi connectivity index (χ4n) is 4.97. The van der Waals surface area contributed by atoms with Gasteiger partial charge in [0.1, 0.15) is 12.4 Å². The third-order valence-electron chi connectivity index (χ3n) is 5.75. The minimum absolute atomic E-state index is 0.0714. The molecule has 0 amide bonds. The van der Waals surface area contributed by atoms with Gasteiger partial charge in [0.25, 0.3) is 0 Å². The molecule has 0 spiro atoms. The molecule has 1 aliphatic rings. The van der Waals surface area contributed by atoms with Crippen LogP contribution >= 0.6 is 0 Å². The Balaban J connectivity index is 1.58. The van der Waals surface area contributed by atoms with Crippen LogP contribution in [0.15, 0.2) is 42.5 Å². The SMILES string of the molecule is Cc1ccc(OCc2ccc(C(=O)CC3CC(C)(C)NC(C)(C)C3)cc2)c(C)c1. The Kier molecular flexibility index (Phi) is 6.19. The van der Waals surface area contributed by atoms with E-state index in [-0.39, 0.29) is 16.9 Å². The molecule has 0 atom stereocenters. The number of nitrogens with one attached hydrogen (secondary N) is 1. The van der Waals surface area contributed by atoms with E-state index in [9.17, 15) is 4.79 Å². The number of Topliss-reactive ketones (excluding diaryl/α,β-unsaturated/α-hetero) is 1. The predicted octanol–water partition coefficient (Wildman–Crippen LogP) is 6.01. The molecule has 2 aromatic carbocycles. The van der Waals surface area contributed by atoms with Crippen molar-refractivity contribution in [1.82, 2.24) is 5.32 Å². The highest BCUT2D eigenvalue weighted by atomic mass is 16.5. The van der Waals surface area contributed by atoms with E-state index in [1.54, 1.807) is 0 Å². The van der Waals surface area contributed by atoms with Crippen LogP contribution in [0.4, 0.5) is 0 Å². The van der Waals surface area contributed by atoms with E-state index in [2.05, 4.69) is 59.0 Å². The Labute approximate surface area is 175 Å². The maximum absolute atomic E-state index is 12.9. The van der Waals surface area contributed by atoms with E-state index >= 15 is 0 Å². The van der Waals surface area contributed by atoms with E-state index in [1.165, 1.54) is 5.56 Å². The van der Waals surface area contributed by atoms with Crippen LogP contribution in [-0.2, 0) is 6.61 Å². The molecule has 156 valence electrons. The lowest BCUT2D eigenvalue weighted by molar-refractivity contribution is 0.0864. The van der Waals surface area contributed by atoms with Gasteiger partial charge in [0.2, 0.25) is 0 Å². The van der Waals surface area contributed by atoms with E-state index in [4.69, 9.17) is 4.74 Å². The molecule has 0 unspecified atom stereocenters. The Morgan fingerprint density at radius 1 is 1.00 bits per heavy atom. The summed E-state index contributed by atoms with van der Waals surface area (Å²) in [5.74, 6) is 1.57. The van der Waals surface area contributed by atoms with Crippen LogP contribution in [0, 0.1) is 19.8 Å². The van der Waals surface area contributed by atoms with Crippen LogP contribution in [0.25, 0.3) is 0 Å². The third-order valence-corrected chi connectivity index (χ3v) is 5.75. The number of rotatable bonds is 6. The fourth-order valence-corrected chi connectivity index (χ4v) is 4.97. The monoisotopic (exact) mass is 393 g/mol. The molecule has 3 heteroatoms. The van der Waals surface area contributed by atoms with Crippen molar-refractivity contribution < 1.29 is 9.53 Å². The Hall–Kier alpha value is -2.13. The number of ketones is 1. The molecule has 3 nitrogen and oxygen atoms in total. The van der Waals surface area contributed by atoms with E-state index < -0.39 is 0 Å². The Morgan fingerprint density at radius 2 is 1.62 bits per heavy atom. The molecule has 29 heavy (non-hydrogen) atoms. The van der Waals surface area contributed by atoms with Gasteiger partial charge in [-0.15, -0.1) is 0 Å². The number of carbonyl (C=O) groups excluding carboxylic acids is 1. The van der Waals surface area contributed by atoms with Gasteiger partial charge in [0, 0.05) is 23.1 Å². The summed E-state index contributed by atoms with van der Waals surface area (Å²) in [5.41, 5.74) is 4.40.